The Morgan fingerprint density at radius 1 is 1.50 bits per heavy atom. The maximum absolute atomic E-state index is 9.59. The monoisotopic (exact) mass is 220 g/mol. The molecule has 0 bridgehead atoms. The fraction of sp³-hybridized carbons (Fsp3) is 0.538. The van der Waals surface area contributed by atoms with Gasteiger partial charge in [0.05, 0.1) is 6.10 Å². The van der Waals surface area contributed by atoms with Crippen molar-refractivity contribution in [1.82, 2.24) is 0 Å². The van der Waals surface area contributed by atoms with E-state index in [0.29, 0.717) is 5.92 Å². The van der Waals surface area contributed by atoms with Gasteiger partial charge in [0.25, 0.3) is 0 Å². The standard InChI is InChI=1S/C13H20N2O/c1-9-12(14)4-3-5-13(9)15-7-6-11(8-15)10(2)16/h3-5,10-11,16H,6-8,14H2,1-2H3. The van der Waals surface area contributed by atoms with Gasteiger partial charge in [-0.05, 0) is 38.0 Å². The number of nitrogens with zero attached hydrogens (tertiary/aromatic N) is 1. The molecule has 0 radical (unpaired) electrons. The zero-order valence-electron chi connectivity index (χ0n) is 9.98. The molecule has 1 saturated heterocycles. The Kier molecular flexibility index (Phi) is 3.06. The summed E-state index contributed by atoms with van der Waals surface area (Å²) in [6, 6.07) is 6.03. The molecule has 0 aromatic heterocycles. The summed E-state index contributed by atoms with van der Waals surface area (Å²) in [7, 11) is 0. The molecule has 2 atom stereocenters. The summed E-state index contributed by atoms with van der Waals surface area (Å²) < 4.78 is 0. The molecule has 1 fully saturated rings. The van der Waals surface area contributed by atoms with Crippen molar-refractivity contribution in [2.45, 2.75) is 26.4 Å². The van der Waals surface area contributed by atoms with E-state index in [-0.39, 0.29) is 6.10 Å². The molecule has 16 heavy (non-hydrogen) atoms. The van der Waals surface area contributed by atoms with E-state index < -0.39 is 0 Å². The molecular formula is C13H20N2O. The average molecular weight is 220 g/mol. The molecular weight excluding hydrogens is 200 g/mol. The van der Waals surface area contributed by atoms with Crippen molar-refractivity contribution in [1.29, 1.82) is 0 Å². The maximum atomic E-state index is 9.59. The molecule has 3 heteroatoms. The third-order valence-electron chi connectivity index (χ3n) is 3.59. The second kappa shape index (κ2) is 4.34. The van der Waals surface area contributed by atoms with Crippen LogP contribution in [0.5, 0.6) is 0 Å². The highest BCUT2D eigenvalue weighted by Gasteiger charge is 2.26. The normalized spacial score (nSPS) is 22.4. The van der Waals surface area contributed by atoms with Crippen molar-refractivity contribution < 1.29 is 5.11 Å². The molecule has 3 N–H and O–H groups in total. The minimum atomic E-state index is -0.216. The second-order valence-corrected chi connectivity index (χ2v) is 4.73. The van der Waals surface area contributed by atoms with Gasteiger partial charge in [-0.15, -0.1) is 0 Å². The number of nitrogens with two attached hydrogens (primary N) is 1. The van der Waals surface area contributed by atoms with Crippen molar-refractivity contribution in [3.05, 3.63) is 23.8 Å². The fourth-order valence-electron chi connectivity index (χ4n) is 2.38. The predicted molar refractivity (Wildman–Crippen MR) is 67.6 cm³/mol. The van der Waals surface area contributed by atoms with Gasteiger partial charge in [0, 0.05) is 30.4 Å². The van der Waals surface area contributed by atoms with E-state index in [0.717, 1.165) is 30.8 Å². The Labute approximate surface area is 96.9 Å². The highest BCUT2D eigenvalue weighted by molar-refractivity contribution is 5.64. The predicted octanol–water partition coefficient (Wildman–Crippen LogP) is 1.78. The van der Waals surface area contributed by atoms with Gasteiger partial charge < -0.3 is 15.7 Å². The van der Waals surface area contributed by atoms with Crippen LogP contribution in [0, 0.1) is 12.8 Å². The third-order valence-corrected chi connectivity index (χ3v) is 3.59. The first-order chi connectivity index (χ1) is 7.59. The van der Waals surface area contributed by atoms with Crippen LogP contribution < -0.4 is 10.6 Å². The lowest BCUT2D eigenvalue weighted by molar-refractivity contribution is 0.136. The number of benzene rings is 1. The Balaban J connectivity index is 2.17. The zero-order chi connectivity index (χ0) is 11.7. The average Bonchev–Trinajstić information content (AvgIpc) is 2.71. The van der Waals surface area contributed by atoms with E-state index in [1.165, 1.54) is 5.69 Å². The summed E-state index contributed by atoms with van der Waals surface area (Å²) >= 11 is 0. The summed E-state index contributed by atoms with van der Waals surface area (Å²) in [6.45, 7) is 5.88. The smallest absolute Gasteiger partial charge is 0.0557 e. The molecule has 0 amide bonds. The lowest BCUT2D eigenvalue weighted by atomic mass is 10.0. The molecule has 1 aromatic carbocycles. The summed E-state index contributed by atoms with van der Waals surface area (Å²) in [5, 5.41) is 9.59. The number of hydrogen-bond donors (Lipinski definition) is 2. The third kappa shape index (κ3) is 2.00. The number of rotatable bonds is 2. The van der Waals surface area contributed by atoms with E-state index in [4.69, 9.17) is 5.73 Å². The van der Waals surface area contributed by atoms with Gasteiger partial charge in [-0.25, -0.2) is 0 Å². The zero-order valence-corrected chi connectivity index (χ0v) is 9.98. The van der Waals surface area contributed by atoms with Crippen LogP contribution in [0.2, 0.25) is 0 Å². The van der Waals surface area contributed by atoms with Crippen LogP contribution in [0.1, 0.15) is 18.9 Å². The van der Waals surface area contributed by atoms with Gasteiger partial charge in [-0.3, -0.25) is 0 Å². The maximum Gasteiger partial charge on any atom is 0.0557 e. The molecule has 88 valence electrons. The van der Waals surface area contributed by atoms with Crippen LogP contribution in [0.3, 0.4) is 0 Å². The number of aliphatic hydroxyl groups is 1. The van der Waals surface area contributed by atoms with Crippen LogP contribution in [-0.2, 0) is 0 Å². The van der Waals surface area contributed by atoms with Gasteiger partial charge in [-0.2, -0.15) is 0 Å². The van der Waals surface area contributed by atoms with Crippen molar-refractivity contribution in [3.8, 4) is 0 Å². The quantitative estimate of drug-likeness (QED) is 0.747. The fourth-order valence-corrected chi connectivity index (χ4v) is 2.38. The SMILES string of the molecule is Cc1c(N)cccc1N1CCC(C(C)O)C1. The lowest BCUT2D eigenvalue weighted by Crippen LogP contribution is -2.24. The molecule has 1 aromatic rings. The van der Waals surface area contributed by atoms with Crippen LogP contribution in [0.25, 0.3) is 0 Å². The van der Waals surface area contributed by atoms with Gasteiger partial charge in [0.2, 0.25) is 0 Å². The molecule has 1 aliphatic rings. The molecule has 0 aliphatic carbocycles. The second-order valence-electron chi connectivity index (χ2n) is 4.73. The minimum Gasteiger partial charge on any atom is -0.398 e. The van der Waals surface area contributed by atoms with Crippen molar-refractivity contribution in [2.75, 3.05) is 23.7 Å². The first-order valence-electron chi connectivity index (χ1n) is 5.87. The summed E-state index contributed by atoms with van der Waals surface area (Å²) in [6.07, 6.45) is 0.845. The van der Waals surface area contributed by atoms with Gasteiger partial charge >= 0.3 is 0 Å². The summed E-state index contributed by atoms with van der Waals surface area (Å²) in [4.78, 5) is 2.32. The highest BCUT2D eigenvalue weighted by Crippen LogP contribution is 2.30. The summed E-state index contributed by atoms with van der Waals surface area (Å²) in [5.74, 6) is 0.390. The molecule has 2 unspecified atom stereocenters. The first-order valence-corrected chi connectivity index (χ1v) is 5.87. The lowest BCUT2D eigenvalue weighted by Gasteiger charge is -2.22. The van der Waals surface area contributed by atoms with Gasteiger partial charge in [0.1, 0.15) is 0 Å². The van der Waals surface area contributed by atoms with Gasteiger partial charge in [0.15, 0.2) is 0 Å². The van der Waals surface area contributed by atoms with Crippen LogP contribution in [-0.4, -0.2) is 24.3 Å². The van der Waals surface area contributed by atoms with Crippen molar-refractivity contribution in [3.63, 3.8) is 0 Å². The van der Waals surface area contributed by atoms with Crippen LogP contribution in [0.4, 0.5) is 11.4 Å². The minimum absolute atomic E-state index is 0.216. The molecule has 1 aliphatic heterocycles. The van der Waals surface area contributed by atoms with E-state index in [2.05, 4.69) is 17.9 Å². The number of nitrogen functional groups attached to an aromatic ring is 1. The number of anilines is 2. The molecule has 2 rings (SSSR count). The molecule has 3 nitrogen and oxygen atoms in total. The Morgan fingerprint density at radius 2 is 2.25 bits per heavy atom. The van der Waals surface area contributed by atoms with Gasteiger partial charge in [-0.1, -0.05) is 6.07 Å². The van der Waals surface area contributed by atoms with Crippen LogP contribution >= 0.6 is 0 Å². The van der Waals surface area contributed by atoms with Crippen molar-refractivity contribution >= 4 is 11.4 Å². The number of hydrogen-bond acceptors (Lipinski definition) is 3. The Morgan fingerprint density at radius 3 is 2.88 bits per heavy atom. The Hall–Kier alpha value is -1.22. The van der Waals surface area contributed by atoms with E-state index in [9.17, 15) is 5.11 Å². The van der Waals surface area contributed by atoms with Crippen LogP contribution in [0.15, 0.2) is 18.2 Å². The molecule has 0 saturated carbocycles. The molecule has 1 heterocycles. The topological polar surface area (TPSA) is 49.5 Å². The first kappa shape index (κ1) is 11.3. The highest BCUT2D eigenvalue weighted by atomic mass is 16.3. The van der Waals surface area contributed by atoms with E-state index in [1.807, 2.05) is 19.1 Å². The largest absolute Gasteiger partial charge is 0.398 e. The van der Waals surface area contributed by atoms with Crippen molar-refractivity contribution in [2.24, 2.45) is 5.92 Å². The number of aliphatic hydroxyl groups excluding tert-OH is 1. The van der Waals surface area contributed by atoms with E-state index in [1.54, 1.807) is 0 Å². The Bertz CT molecular complexity index is 376. The summed E-state index contributed by atoms with van der Waals surface area (Å²) in [5.41, 5.74) is 9.11. The molecule has 0 spiro atoms. The van der Waals surface area contributed by atoms with E-state index >= 15 is 0 Å².